The minimum Gasteiger partial charge on any atom is -0.478 e. The van der Waals surface area contributed by atoms with Gasteiger partial charge in [-0.1, -0.05) is 42.1 Å². The van der Waals surface area contributed by atoms with E-state index in [0.717, 1.165) is 17.4 Å². The first kappa shape index (κ1) is 16.7. The number of tetrazole rings is 1. The van der Waals surface area contributed by atoms with Crippen molar-refractivity contribution in [2.45, 2.75) is 5.16 Å². The smallest absolute Gasteiger partial charge is 0.337 e. The highest BCUT2D eigenvalue weighted by Crippen LogP contribution is 2.19. The van der Waals surface area contributed by atoms with Gasteiger partial charge in [-0.3, -0.25) is 4.79 Å². The van der Waals surface area contributed by atoms with Crippen molar-refractivity contribution in [3.8, 4) is 5.69 Å². The lowest BCUT2D eigenvalue weighted by Crippen LogP contribution is -2.17. The molecule has 0 atom stereocenters. The van der Waals surface area contributed by atoms with E-state index in [-0.39, 0.29) is 22.9 Å². The van der Waals surface area contributed by atoms with E-state index in [2.05, 4.69) is 20.8 Å². The number of rotatable bonds is 6. The summed E-state index contributed by atoms with van der Waals surface area (Å²) in [5, 5.41) is 23.6. The van der Waals surface area contributed by atoms with Gasteiger partial charge in [0.15, 0.2) is 0 Å². The summed E-state index contributed by atoms with van der Waals surface area (Å²) in [7, 11) is 0. The van der Waals surface area contributed by atoms with E-state index in [9.17, 15) is 9.59 Å². The summed E-state index contributed by atoms with van der Waals surface area (Å²) in [4.78, 5) is 23.3. The first-order chi connectivity index (χ1) is 12.1. The van der Waals surface area contributed by atoms with Gasteiger partial charge in [0.25, 0.3) is 0 Å². The molecule has 2 aromatic carbocycles. The number of benzene rings is 2. The highest BCUT2D eigenvalue weighted by molar-refractivity contribution is 7.99. The Balaban J connectivity index is 1.67. The molecule has 8 nitrogen and oxygen atoms in total. The van der Waals surface area contributed by atoms with Crippen LogP contribution in [0, 0.1) is 0 Å². The summed E-state index contributed by atoms with van der Waals surface area (Å²) in [6.45, 7) is 0. The van der Waals surface area contributed by atoms with E-state index in [0.29, 0.717) is 5.16 Å². The number of carboxylic acid groups (broad SMARTS) is 1. The number of nitrogens with one attached hydrogen (secondary N) is 1. The maximum atomic E-state index is 12.1. The fourth-order valence-corrected chi connectivity index (χ4v) is 2.79. The third-order valence-corrected chi connectivity index (χ3v) is 4.12. The Bertz CT molecular complexity index is 898. The van der Waals surface area contributed by atoms with Crippen molar-refractivity contribution in [1.82, 2.24) is 20.2 Å². The van der Waals surface area contributed by atoms with Gasteiger partial charge in [0.1, 0.15) is 0 Å². The van der Waals surface area contributed by atoms with Gasteiger partial charge in [0, 0.05) is 0 Å². The Morgan fingerprint density at radius 3 is 2.56 bits per heavy atom. The number of nitrogens with zero attached hydrogens (tertiary/aromatic N) is 4. The monoisotopic (exact) mass is 355 g/mol. The third-order valence-electron chi connectivity index (χ3n) is 3.21. The van der Waals surface area contributed by atoms with E-state index >= 15 is 0 Å². The van der Waals surface area contributed by atoms with E-state index in [4.69, 9.17) is 5.11 Å². The molecule has 0 aliphatic rings. The van der Waals surface area contributed by atoms with Crippen LogP contribution in [0.15, 0.2) is 59.8 Å². The number of carbonyl (C=O) groups is 2. The first-order valence-electron chi connectivity index (χ1n) is 7.24. The normalized spacial score (nSPS) is 10.4. The Morgan fingerprint density at radius 2 is 1.80 bits per heavy atom. The average Bonchev–Trinajstić information content (AvgIpc) is 3.09. The van der Waals surface area contributed by atoms with E-state index in [1.807, 2.05) is 30.3 Å². The number of para-hydroxylation sites is 2. The summed E-state index contributed by atoms with van der Waals surface area (Å²) < 4.78 is 1.53. The second-order valence-corrected chi connectivity index (χ2v) is 5.84. The molecule has 126 valence electrons. The van der Waals surface area contributed by atoms with Gasteiger partial charge in [-0.2, -0.15) is 4.68 Å². The van der Waals surface area contributed by atoms with E-state index in [1.54, 1.807) is 18.2 Å². The highest BCUT2D eigenvalue weighted by atomic mass is 32.2. The molecule has 0 aliphatic carbocycles. The van der Waals surface area contributed by atoms with Crippen LogP contribution in [-0.2, 0) is 4.79 Å². The number of anilines is 1. The fraction of sp³-hybridized carbons (Fsp3) is 0.0625. The molecule has 0 unspecified atom stereocenters. The molecule has 0 radical (unpaired) electrons. The SMILES string of the molecule is O=C(CSc1nnnn1-c1ccccc1)Nc1ccccc1C(=O)O. The minimum absolute atomic E-state index is 0.0370. The van der Waals surface area contributed by atoms with Crippen molar-refractivity contribution in [1.29, 1.82) is 0 Å². The predicted octanol–water partition coefficient (Wildman–Crippen LogP) is 2.09. The Kier molecular flexibility index (Phi) is 5.05. The zero-order chi connectivity index (χ0) is 17.6. The highest BCUT2D eigenvalue weighted by Gasteiger charge is 2.14. The topological polar surface area (TPSA) is 110 Å². The zero-order valence-corrected chi connectivity index (χ0v) is 13.7. The quantitative estimate of drug-likeness (QED) is 0.651. The standard InChI is InChI=1S/C16H13N5O3S/c22-14(17-13-9-5-4-8-12(13)15(23)24)10-25-16-18-19-20-21(16)11-6-2-1-3-7-11/h1-9H,10H2,(H,17,22)(H,23,24). The first-order valence-corrected chi connectivity index (χ1v) is 8.22. The maximum absolute atomic E-state index is 12.1. The summed E-state index contributed by atoms with van der Waals surface area (Å²) >= 11 is 1.16. The minimum atomic E-state index is -1.10. The van der Waals surface area contributed by atoms with Crippen molar-refractivity contribution in [2.75, 3.05) is 11.1 Å². The maximum Gasteiger partial charge on any atom is 0.337 e. The average molecular weight is 355 g/mol. The number of carbonyl (C=O) groups excluding carboxylic acids is 1. The Labute approximate surface area is 146 Å². The van der Waals surface area contributed by atoms with Crippen LogP contribution >= 0.6 is 11.8 Å². The van der Waals surface area contributed by atoms with Crippen LogP contribution in [0.5, 0.6) is 0 Å². The van der Waals surface area contributed by atoms with Crippen LogP contribution in [0.3, 0.4) is 0 Å². The molecule has 9 heteroatoms. The molecule has 0 aliphatic heterocycles. The van der Waals surface area contributed by atoms with Crippen molar-refractivity contribution in [3.63, 3.8) is 0 Å². The van der Waals surface area contributed by atoms with Gasteiger partial charge in [-0.15, -0.1) is 5.10 Å². The molecular formula is C16H13N5O3S. The lowest BCUT2D eigenvalue weighted by atomic mass is 10.2. The molecule has 1 aromatic heterocycles. The fourth-order valence-electron chi connectivity index (χ4n) is 2.10. The molecule has 25 heavy (non-hydrogen) atoms. The number of hydrogen-bond donors (Lipinski definition) is 2. The second-order valence-electron chi connectivity index (χ2n) is 4.90. The van der Waals surface area contributed by atoms with Crippen LogP contribution in [0.4, 0.5) is 5.69 Å². The number of aromatic nitrogens is 4. The molecule has 0 bridgehead atoms. The van der Waals surface area contributed by atoms with Crippen LogP contribution in [-0.4, -0.2) is 42.9 Å². The van der Waals surface area contributed by atoms with Crippen LogP contribution in [0.2, 0.25) is 0 Å². The molecule has 0 fully saturated rings. The van der Waals surface area contributed by atoms with E-state index < -0.39 is 5.97 Å². The Morgan fingerprint density at radius 1 is 1.08 bits per heavy atom. The molecule has 1 heterocycles. The number of carboxylic acids is 1. The number of amides is 1. The van der Waals surface area contributed by atoms with Crippen molar-refractivity contribution in [3.05, 3.63) is 60.2 Å². The lowest BCUT2D eigenvalue weighted by molar-refractivity contribution is -0.113. The van der Waals surface area contributed by atoms with Crippen molar-refractivity contribution < 1.29 is 14.7 Å². The van der Waals surface area contributed by atoms with Gasteiger partial charge in [-0.25, -0.2) is 4.79 Å². The summed E-state index contributed by atoms with van der Waals surface area (Å²) in [6, 6.07) is 15.5. The third kappa shape index (κ3) is 4.01. The van der Waals surface area contributed by atoms with Gasteiger partial charge < -0.3 is 10.4 Å². The van der Waals surface area contributed by atoms with Crippen LogP contribution in [0.25, 0.3) is 5.69 Å². The summed E-state index contributed by atoms with van der Waals surface area (Å²) in [6.07, 6.45) is 0. The largest absolute Gasteiger partial charge is 0.478 e. The van der Waals surface area contributed by atoms with Gasteiger partial charge in [0.2, 0.25) is 11.1 Å². The number of hydrogen-bond acceptors (Lipinski definition) is 6. The second kappa shape index (κ2) is 7.58. The summed E-state index contributed by atoms with van der Waals surface area (Å²) in [5.74, 6) is -1.40. The molecular weight excluding hydrogens is 342 g/mol. The molecule has 0 saturated heterocycles. The van der Waals surface area contributed by atoms with Gasteiger partial charge in [-0.05, 0) is 34.7 Å². The lowest BCUT2D eigenvalue weighted by Gasteiger charge is -2.08. The van der Waals surface area contributed by atoms with Gasteiger partial charge in [0.05, 0.1) is 22.7 Å². The van der Waals surface area contributed by atoms with E-state index in [1.165, 1.54) is 10.7 Å². The Hall–Kier alpha value is -3.20. The number of aromatic carboxylic acids is 1. The summed E-state index contributed by atoms with van der Waals surface area (Å²) in [5.41, 5.74) is 1.07. The molecule has 0 saturated carbocycles. The van der Waals surface area contributed by atoms with Crippen LogP contribution < -0.4 is 5.32 Å². The molecule has 3 aromatic rings. The number of thioether (sulfide) groups is 1. The van der Waals surface area contributed by atoms with Gasteiger partial charge >= 0.3 is 5.97 Å². The van der Waals surface area contributed by atoms with Crippen molar-refractivity contribution in [2.24, 2.45) is 0 Å². The molecule has 0 spiro atoms. The molecule has 2 N–H and O–H groups in total. The molecule has 3 rings (SSSR count). The van der Waals surface area contributed by atoms with Crippen molar-refractivity contribution >= 4 is 29.3 Å². The zero-order valence-electron chi connectivity index (χ0n) is 12.9. The van der Waals surface area contributed by atoms with Crippen LogP contribution in [0.1, 0.15) is 10.4 Å². The molecule has 1 amide bonds. The predicted molar refractivity (Wildman–Crippen MR) is 91.9 cm³/mol.